The molecule has 114 valence electrons. The van der Waals surface area contributed by atoms with E-state index < -0.39 is 6.10 Å². The molecule has 4 nitrogen and oxygen atoms in total. The molecule has 0 spiro atoms. The number of hydrogen-bond acceptors (Lipinski definition) is 3. The predicted octanol–water partition coefficient (Wildman–Crippen LogP) is 3.76. The highest BCUT2D eigenvalue weighted by molar-refractivity contribution is 6.30. The number of aliphatic hydroxyl groups is 1. The molecule has 5 heteroatoms. The van der Waals surface area contributed by atoms with E-state index in [2.05, 4.69) is 24.0 Å². The van der Waals surface area contributed by atoms with Crippen LogP contribution in [-0.2, 0) is 5.41 Å². The summed E-state index contributed by atoms with van der Waals surface area (Å²) in [5, 5.41) is 19.2. The molecule has 0 amide bonds. The quantitative estimate of drug-likeness (QED) is 0.800. The van der Waals surface area contributed by atoms with E-state index >= 15 is 0 Å². The number of rotatable bonds is 3. The fraction of sp³-hybridized carbons (Fsp3) is 0.294. The molecular formula is C17H18ClN3O. The van der Waals surface area contributed by atoms with E-state index in [1.54, 1.807) is 6.92 Å². The number of fused-ring (bicyclic) bond motifs is 1. The second-order valence-electron chi connectivity index (χ2n) is 5.99. The van der Waals surface area contributed by atoms with E-state index in [1.807, 2.05) is 47.0 Å². The molecule has 0 aliphatic heterocycles. The first-order valence-corrected chi connectivity index (χ1v) is 7.57. The number of benzene rings is 1. The Kier molecular flexibility index (Phi) is 3.67. The van der Waals surface area contributed by atoms with Gasteiger partial charge >= 0.3 is 0 Å². The van der Waals surface area contributed by atoms with Gasteiger partial charge in [0.1, 0.15) is 5.82 Å². The van der Waals surface area contributed by atoms with E-state index in [1.165, 1.54) is 0 Å². The number of halogens is 1. The first-order valence-electron chi connectivity index (χ1n) is 7.19. The van der Waals surface area contributed by atoms with Gasteiger partial charge in [0.2, 0.25) is 0 Å². The molecule has 0 saturated heterocycles. The monoisotopic (exact) mass is 315 g/mol. The van der Waals surface area contributed by atoms with Crippen LogP contribution in [0.15, 0.2) is 42.6 Å². The molecule has 2 aromatic heterocycles. The Morgan fingerprint density at radius 2 is 1.82 bits per heavy atom. The summed E-state index contributed by atoms with van der Waals surface area (Å²) in [4.78, 5) is 0. The molecule has 1 unspecified atom stereocenters. The number of aromatic nitrogens is 3. The van der Waals surface area contributed by atoms with E-state index in [0.717, 1.165) is 17.0 Å². The highest BCUT2D eigenvalue weighted by atomic mass is 35.5. The summed E-state index contributed by atoms with van der Waals surface area (Å²) in [6.07, 6.45) is 1.34. The summed E-state index contributed by atoms with van der Waals surface area (Å²) in [7, 11) is 0. The van der Waals surface area contributed by atoms with Crippen molar-refractivity contribution < 1.29 is 5.11 Å². The predicted molar refractivity (Wildman–Crippen MR) is 87.2 cm³/mol. The molecule has 1 N–H and O–H groups in total. The van der Waals surface area contributed by atoms with E-state index in [9.17, 15) is 5.11 Å². The molecule has 0 saturated carbocycles. The van der Waals surface area contributed by atoms with Crippen LogP contribution in [-0.4, -0.2) is 19.7 Å². The highest BCUT2D eigenvalue weighted by Crippen LogP contribution is 2.32. The topological polar surface area (TPSA) is 50.4 Å². The zero-order valence-electron chi connectivity index (χ0n) is 12.8. The molecule has 0 aliphatic rings. The minimum Gasteiger partial charge on any atom is -0.389 e. The van der Waals surface area contributed by atoms with Crippen molar-refractivity contribution in [1.29, 1.82) is 0 Å². The second kappa shape index (κ2) is 5.38. The van der Waals surface area contributed by atoms with Gasteiger partial charge in [0.15, 0.2) is 5.65 Å². The molecule has 0 aliphatic carbocycles. The van der Waals surface area contributed by atoms with Crippen LogP contribution in [0.25, 0.3) is 5.65 Å². The number of pyridine rings is 1. The van der Waals surface area contributed by atoms with E-state index in [0.29, 0.717) is 10.7 Å². The Balaban J connectivity index is 2.17. The Labute approximate surface area is 134 Å². The maximum Gasteiger partial charge on any atom is 0.166 e. The minimum absolute atomic E-state index is 0.332. The van der Waals surface area contributed by atoms with Gasteiger partial charge in [0.25, 0.3) is 0 Å². The van der Waals surface area contributed by atoms with Crippen molar-refractivity contribution in [3.63, 3.8) is 0 Å². The maximum absolute atomic E-state index is 9.89. The second-order valence-corrected chi connectivity index (χ2v) is 6.43. The fourth-order valence-corrected chi connectivity index (χ4v) is 2.81. The van der Waals surface area contributed by atoms with Crippen LogP contribution in [0.3, 0.4) is 0 Å². The Hall–Kier alpha value is -1.91. The van der Waals surface area contributed by atoms with Crippen LogP contribution in [0.5, 0.6) is 0 Å². The molecule has 0 radical (unpaired) electrons. The maximum atomic E-state index is 9.89. The van der Waals surface area contributed by atoms with Gasteiger partial charge in [-0.25, -0.2) is 0 Å². The van der Waals surface area contributed by atoms with Gasteiger partial charge in [0, 0.05) is 16.8 Å². The average molecular weight is 316 g/mol. The SMILES string of the molecule is CC(O)c1cccn2c(C(C)(C)c3ccc(Cl)cc3)nnc12. The summed E-state index contributed by atoms with van der Waals surface area (Å²) in [6, 6.07) is 11.5. The Bertz CT molecular complexity index is 806. The summed E-state index contributed by atoms with van der Waals surface area (Å²) < 4.78 is 1.94. The van der Waals surface area contributed by atoms with Crippen LogP contribution in [0.2, 0.25) is 5.02 Å². The highest BCUT2D eigenvalue weighted by Gasteiger charge is 2.29. The number of nitrogens with zero attached hydrogens (tertiary/aromatic N) is 3. The van der Waals surface area contributed by atoms with Gasteiger partial charge in [-0.2, -0.15) is 0 Å². The van der Waals surface area contributed by atoms with Crippen LogP contribution in [0.1, 0.15) is 43.8 Å². The lowest BCUT2D eigenvalue weighted by atomic mass is 9.84. The van der Waals surface area contributed by atoms with Crippen LogP contribution in [0, 0.1) is 0 Å². The lowest BCUT2D eigenvalue weighted by molar-refractivity contribution is 0.200. The molecule has 3 rings (SSSR count). The lowest BCUT2D eigenvalue weighted by Gasteiger charge is -2.23. The van der Waals surface area contributed by atoms with E-state index in [-0.39, 0.29) is 5.41 Å². The van der Waals surface area contributed by atoms with Crippen LogP contribution in [0.4, 0.5) is 0 Å². The van der Waals surface area contributed by atoms with Gasteiger partial charge in [-0.05, 0) is 44.5 Å². The molecule has 0 bridgehead atoms. The summed E-state index contributed by atoms with van der Waals surface area (Å²) in [5.41, 5.74) is 2.23. The minimum atomic E-state index is -0.584. The largest absolute Gasteiger partial charge is 0.389 e. The van der Waals surface area contributed by atoms with Gasteiger partial charge in [0.05, 0.1) is 11.5 Å². The standard InChI is InChI=1S/C17H18ClN3O/c1-11(22)14-5-4-10-21-15(14)19-20-16(21)17(2,3)12-6-8-13(18)9-7-12/h4-11,22H,1-3H3. The molecule has 1 aromatic carbocycles. The van der Waals surface area contributed by atoms with Crippen molar-refractivity contribution in [3.8, 4) is 0 Å². The number of hydrogen-bond donors (Lipinski definition) is 1. The third-order valence-electron chi connectivity index (χ3n) is 4.04. The summed E-state index contributed by atoms with van der Waals surface area (Å²) in [6.45, 7) is 5.93. The van der Waals surface area contributed by atoms with Crippen molar-refractivity contribution in [1.82, 2.24) is 14.6 Å². The van der Waals surface area contributed by atoms with Crippen LogP contribution < -0.4 is 0 Å². The van der Waals surface area contributed by atoms with E-state index in [4.69, 9.17) is 11.6 Å². The van der Waals surface area contributed by atoms with Gasteiger partial charge in [-0.15, -0.1) is 10.2 Å². The average Bonchev–Trinajstić information content (AvgIpc) is 2.92. The molecule has 2 heterocycles. The van der Waals surface area contributed by atoms with Gasteiger partial charge < -0.3 is 5.11 Å². The number of aliphatic hydroxyl groups excluding tert-OH is 1. The zero-order chi connectivity index (χ0) is 15.9. The van der Waals surface area contributed by atoms with Crippen molar-refractivity contribution in [3.05, 3.63) is 64.6 Å². The zero-order valence-corrected chi connectivity index (χ0v) is 13.5. The molecule has 0 fully saturated rings. The summed E-state index contributed by atoms with van der Waals surface area (Å²) >= 11 is 5.98. The lowest BCUT2D eigenvalue weighted by Crippen LogP contribution is -2.22. The first kappa shape index (κ1) is 15.0. The van der Waals surface area contributed by atoms with Gasteiger partial charge in [-0.1, -0.05) is 29.8 Å². The van der Waals surface area contributed by atoms with Crippen molar-refractivity contribution in [2.24, 2.45) is 0 Å². The Morgan fingerprint density at radius 3 is 2.45 bits per heavy atom. The third-order valence-corrected chi connectivity index (χ3v) is 4.29. The first-order chi connectivity index (χ1) is 10.4. The molecule has 1 atom stereocenters. The Morgan fingerprint density at radius 1 is 1.14 bits per heavy atom. The summed E-state index contributed by atoms with van der Waals surface area (Å²) in [5.74, 6) is 0.826. The van der Waals surface area contributed by atoms with Crippen molar-refractivity contribution in [2.45, 2.75) is 32.3 Å². The normalized spacial score (nSPS) is 13.5. The molecule has 22 heavy (non-hydrogen) atoms. The smallest absolute Gasteiger partial charge is 0.166 e. The fourth-order valence-electron chi connectivity index (χ4n) is 2.68. The van der Waals surface area contributed by atoms with Crippen molar-refractivity contribution >= 4 is 17.2 Å². The molecular weight excluding hydrogens is 298 g/mol. The molecule has 3 aromatic rings. The van der Waals surface area contributed by atoms with Crippen molar-refractivity contribution in [2.75, 3.05) is 0 Å². The van der Waals surface area contributed by atoms with Crippen LogP contribution >= 0.6 is 11.6 Å². The van der Waals surface area contributed by atoms with Gasteiger partial charge in [-0.3, -0.25) is 4.40 Å². The third kappa shape index (κ3) is 2.38.